The molecule has 2 N–H and O–H groups in total. The average Bonchev–Trinajstić information content (AvgIpc) is 2.31. The maximum absolute atomic E-state index is 12.7. The second-order valence-electron chi connectivity index (χ2n) is 3.34. The second kappa shape index (κ2) is 4.57. The normalized spacial score (nSPS) is 11.4. The van der Waals surface area contributed by atoms with Crippen molar-refractivity contribution >= 4 is 11.5 Å². The molecular weight excluding hydrogens is 203 g/mol. The van der Waals surface area contributed by atoms with Gasteiger partial charge in [-0.15, -0.1) is 0 Å². The Morgan fingerprint density at radius 2 is 1.56 bits per heavy atom. The van der Waals surface area contributed by atoms with E-state index in [4.69, 9.17) is 5.73 Å². The van der Waals surface area contributed by atoms with Gasteiger partial charge in [0, 0.05) is 5.56 Å². The zero-order valence-corrected chi connectivity index (χ0v) is 8.60. The maximum Gasteiger partial charge on any atom is 0.131 e. The molecule has 0 unspecified atom stereocenters. The number of para-hydroxylation sites is 1. The van der Waals surface area contributed by atoms with Crippen LogP contribution in [-0.2, 0) is 0 Å². The topological polar surface area (TPSA) is 38.4 Å². The summed E-state index contributed by atoms with van der Waals surface area (Å²) in [5.74, 6) is 0.0995. The maximum atomic E-state index is 12.7. The molecule has 2 aromatic rings. The molecule has 0 aromatic heterocycles. The number of hydrogen-bond acceptors (Lipinski definition) is 1. The number of benzene rings is 2. The van der Waals surface area contributed by atoms with Crippen LogP contribution in [0.15, 0.2) is 59.6 Å². The smallest absolute Gasteiger partial charge is 0.131 e. The molecule has 0 bridgehead atoms. The van der Waals surface area contributed by atoms with Gasteiger partial charge in [-0.3, -0.25) is 0 Å². The highest BCUT2D eigenvalue weighted by atomic mass is 19.1. The van der Waals surface area contributed by atoms with E-state index in [0.717, 1.165) is 5.69 Å². The Morgan fingerprint density at radius 1 is 0.938 bits per heavy atom. The van der Waals surface area contributed by atoms with Gasteiger partial charge in [0.25, 0.3) is 0 Å². The Balaban J connectivity index is 2.28. The van der Waals surface area contributed by atoms with E-state index in [2.05, 4.69) is 4.99 Å². The summed E-state index contributed by atoms with van der Waals surface area (Å²) in [5, 5.41) is 0. The molecule has 0 aliphatic heterocycles. The summed E-state index contributed by atoms with van der Waals surface area (Å²) in [7, 11) is 0. The lowest BCUT2D eigenvalue weighted by Gasteiger charge is -2.00. The van der Waals surface area contributed by atoms with E-state index in [1.165, 1.54) is 12.1 Å². The third-order valence-corrected chi connectivity index (χ3v) is 2.15. The average molecular weight is 214 g/mol. The van der Waals surface area contributed by atoms with Crippen molar-refractivity contribution in [2.24, 2.45) is 10.7 Å². The molecule has 0 amide bonds. The van der Waals surface area contributed by atoms with Gasteiger partial charge in [-0.25, -0.2) is 9.38 Å². The van der Waals surface area contributed by atoms with E-state index < -0.39 is 0 Å². The molecular formula is C13H11FN2. The Morgan fingerprint density at radius 3 is 2.19 bits per heavy atom. The third-order valence-electron chi connectivity index (χ3n) is 2.15. The predicted molar refractivity (Wildman–Crippen MR) is 63.2 cm³/mol. The SMILES string of the molecule is NC(=Nc1ccccc1)c1ccc(F)cc1. The van der Waals surface area contributed by atoms with Gasteiger partial charge in [-0.1, -0.05) is 18.2 Å². The highest BCUT2D eigenvalue weighted by Gasteiger charge is 1.98. The Labute approximate surface area is 93.3 Å². The van der Waals surface area contributed by atoms with E-state index >= 15 is 0 Å². The number of amidine groups is 1. The van der Waals surface area contributed by atoms with Crippen molar-refractivity contribution in [3.05, 3.63) is 66.0 Å². The molecule has 0 heterocycles. The number of hydrogen-bond donors (Lipinski definition) is 1. The van der Waals surface area contributed by atoms with Crippen LogP contribution in [0.3, 0.4) is 0 Å². The minimum absolute atomic E-state index is 0.281. The number of halogens is 1. The predicted octanol–water partition coefficient (Wildman–Crippen LogP) is 2.86. The van der Waals surface area contributed by atoms with Gasteiger partial charge < -0.3 is 5.73 Å². The van der Waals surface area contributed by atoms with Crippen molar-refractivity contribution in [2.75, 3.05) is 0 Å². The minimum atomic E-state index is -0.281. The first kappa shape index (κ1) is 10.4. The second-order valence-corrected chi connectivity index (χ2v) is 3.34. The van der Waals surface area contributed by atoms with Crippen LogP contribution in [0.2, 0.25) is 0 Å². The molecule has 0 radical (unpaired) electrons. The quantitative estimate of drug-likeness (QED) is 0.605. The van der Waals surface area contributed by atoms with Crippen molar-refractivity contribution in [3.8, 4) is 0 Å². The Bertz CT molecular complexity index is 489. The van der Waals surface area contributed by atoms with Crippen molar-refractivity contribution < 1.29 is 4.39 Å². The van der Waals surface area contributed by atoms with Crippen LogP contribution in [0.25, 0.3) is 0 Å². The van der Waals surface area contributed by atoms with E-state index in [-0.39, 0.29) is 5.82 Å². The minimum Gasteiger partial charge on any atom is -0.383 e. The number of nitrogens with zero attached hydrogens (tertiary/aromatic N) is 1. The summed E-state index contributed by atoms with van der Waals surface area (Å²) in [6, 6.07) is 15.3. The number of rotatable bonds is 2. The molecule has 0 aliphatic rings. The summed E-state index contributed by atoms with van der Waals surface area (Å²) < 4.78 is 12.7. The van der Waals surface area contributed by atoms with Crippen LogP contribution >= 0.6 is 0 Å². The first-order valence-electron chi connectivity index (χ1n) is 4.91. The molecule has 2 nitrogen and oxygen atoms in total. The first-order chi connectivity index (χ1) is 7.75. The zero-order valence-electron chi connectivity index (χ0n) is 8.60. The fraction of sp³-hybridized carbons (Fsp3) is 0. The van der Waals surface area contributed by atoms with E-state index in [9.17, 15) is 4.39 Å². The molecule has 0 aliphatic carbocycles. The van der Waals surface area contributed by atoms with Crippen LogP contribution < -0.4 is 5.73 Å². The van der Waals surface area contributed by atoms with Gasteiger partial charge in [0.2, 0.25) is 0 Å². The molecule has 0 spiro atoms. The molecule has 16 heavy (non-hydrogen) atoms. The molecule has 0 atom stereocenters. The van der Waals surface area contributed by atoms with Crippen molar-refractivity contribution in [1.29, 1.82) is 0 Å². The van der Waals surface area contributed by atoms with Gasteiger partial charge in [0.15, 0.2) is 0 Å². The fourth-order valence-corrected chi connectivity index (χ4v) is 1.33. The molecule has 2 rings (SSSR count). The lowest BCUT2D eigenvalue weighted by molar-refractivity contribution is 0.628. The number of aliphatic imine (C=N–C) groups is 1. The van der Waals surface area contributed by atoms with Crippen molar-refractivity contribution in [1.82, 2.24) is 0 Å². The lowest BCUT2D eigenvalue weighted by Crippen LogP contribution is -2.12. The Kier molecular flexibility index (Phi) is 2.96. The molecule has 0 fully saturated rings. The summed E-state index contributed by atoms with van der Waals surface area (Å²) in [4.78, 5) is 4.23. The fourth-order valence-electron chi connectivity index (χ4n) is 1.33. The van der Waals surface area contributed by atoms with Gasteiger partial charge in [-0.05, 0) is 36.4 Å². The molecule has 3 heteroatoms. The standard InChI is InChI=1S/C13H11FN2/c14-11-8-6-10(7-9-11)13(15)16-12-4-2-1-3-5-12/h1-9H,(H2,15,16). The van der Waals surface area contributed by atoms with E-state index in [1.54, 1.807) is 12.1 Å². The van der Waals surface area contributed by atoms with E-state index in [1.807, 2.05) is 30.3 Å². The summed E-state index contributed by atoms with van der Waals surface area (Å²) in [6.07, 6.45) is 0. The molecule has 80 valence electrons. The van der Waals surface area contributed by atoms with Crippen LogP contribution in [0, 0.1) is 5.82 Å². The van der Waals surface area contributed by atoms with Crippen molar-refractivity contribution in [3.63, 3.8) is 0 Å². The summed E-state index contributed by atoms with van der Waals surface area (Å²) in [6.45, 7) is 0. The number of nitrogens with two attached hydrogens (primary N) is 1. The van der Waals surface area contributed by atoms with Crippen LogP contribution in [0.5, 0.6) is 0 Å². The van der Waals surface area contributed by atoms with Gasteiger partial charge in [-0.2, -0.15) is 0 Å². The first-order valence-corrected chi connectivity index (χ1v) is 4.91. The summed E-state index contributed by atoms with van der Waals surface area (Å²) >= 11 is 0. The molecule has 0 saturated heterocycles. The Hall–Kier alpha value is -2.16. The van der Waals surface area contributed by atoms with Gasteiger partial charge in [0.1, 0.15) is 11.7 Å². The van der Waals surface area contributed by atoms with Crippen LogP contribution in [-0.4, -0.2) is 5.84 Å². The summed E-state index contributed by atoms with van der Waals surface area (Å²) in [5.41, 5.74) is 7.30. The largest absolute Gasteiger partial charge is 0.383 e. The van der Waals surface area contributed by atoms with Gasteiger partial charge in [0.05, 0.1) is 5.69 Å². The van der Waals surface area contributed by atoms with E-state index in [0.29, 0.717) is 11.4 Å². The third kappa shape index (κ3) is 2.45. The highest BCUT2D eigenvalue weighted by molar-refractivity contribution is 5.98. The molecule has 0 saturated carbocycles. The monoisotopic (exact) mass is 214 g/mol. The van der Waals surface area contributed by atoms with Crippen LogP contribution in [0.4, 0.5) is 10.1 Å². The van der Waals surface area contributed by atoms with Gasteiger partial charge >= 0.3 is 0 Å². The lowest BCUT2D eigenvalue weighted by atomic mass is 10.2. The zero-order chi connectivity index (χ0) is 11.4. The van der Waals surface area contributed by atoms with Crippen LogP contribution in [0.1, 0.15) is 5.56 Å². The highest BCUT2D eigenvalue weighted by Crippen LogP contribution is 2.11. The van der Waals surface area contributed by atoms with Crippen molar-refractivity contribution in [2.45, 2.75) is 0 Å². The molecule has 2 aromatic carbocycles.